The van der Waals surface area contributed by atoms with Crippen molar-refractivity contribution >= 4 is 5.91 Å². The molecule has 0 spiro atoms. The predicted octanol–water partition coefficient (Wildman–Crippen LogP) is 1.31. The van der Waals surface area contributed by atoms with Gasteiger partial charge >= 0.3 is 0 Å². The fraction of sp³-hybridized carbons (Fsp3) is 0.714. The summed E-state index contributed by atoms with van der Waals surface area (Å²) in [7, 11) is 0. The Morgan fingerprint density at radius 1 is 1.36 bits per heavy atom. The second-order valence-electron chi connectivity index (χ2n) is 5.59. The summed E-state index contributed by atoms with van der Waals surface area (Å²) in [6, 6.07) is 1.02. The lowest BCUT2D eigenvalue weighted by Gasteiger charge is -2.23. The quantitative estimate of drug-likeness (QED) is 0.739. The van der Waals surface area contributed by atoms with Crippen LogP contribution >= 0.6 is 0 Å². The number of aliphatic hydroxyl groups is 1. The Morgan fingerprint density at radius 3 is 2.64 bits per heavy atom. The SMILES string of the molecule is O=C(NCC(O)CN1CCCCCC1)c1cc(C(F)F)[nH]n1. The van der Waals surface area contributed by atoms with Crippen molar-refractivity contribution in [1.29, 1.82) is 0 Å². The Kier molecular flexibility index (Phi) is 6.26. The van der Waals surface area contributed by atoms with Gasteiger partial charge < -0.3 is 15.3 Å². The summed E-state index contributed by atoms with van der Waals surface area (Å²) in [5, 5.41) is 18.1. The lowest BCUT2D eigenvalue weighted by Crippen LogP contribution is -2.40. The van der Waals surface area contributed by atoms with E-state index in [0.29, 0.717) is 6.54 Å². The highest BCUT2D eigenvalue weighted by atomic mass is 19.3. The van der Waals surface area contributed by atoms with Crippen LogP contribution in [0.2, 0.25) is 0 Å². The zero-order chi connectivity index (χ0) is 15.9. The smallest absolute Gasteiger partial charge is 0.279 e. The number of β-amino-alcohol motifs (C(OH)–C–C–N with tert-alkyl or cyclic N) is 1. The van der Waals surface area contributed by atoms with E-state index in [1.165, 1.54) is 12.8 Å². The molecule has 0 aliphatic carbocycles. The number of aliphatic hydroxyl groups excluding tert-OH is 1. The van der Waals surface area contributed by atoms with E-state index in [1.54, 1.807) is 0 Å². The maximum Gasteiger partial charge on any atom is 0.279 e. The fourth-order valence-corrected chi connectivity index (χ4v) is 2.55. The Morgan fingerprint density at radius 2 is 2.05 bits per heavy atom. The molecule has 0 bridgehead atoms. The van der Waals surface area contributed by atoms with Crippen LogP contribution in [0.3, 0.4) is 0 Å². The number of aromatic nitrogens is 2. The molecule has 2 heterocycles. The van der Waals surface area contributed by atoms with Crippen molar-refractivity contribution in [3.8, 4) is 0 Å². The Labute approximate surface area is 127 Å². The van der Waals surface area contributed by atoms with Gasteiger partial charge in [0, 0.05) is 13.1 Å². The molecule has 1 aromatic rings. The van der Waals surface area contributed by atoms with Gasteiger partial charge in [-0.15, -0.1) is 0 Å². The van der Waals surface area contributed by atoms with Gasteiger partial charge in [-0.2, -0.15) is 5.10 Å². The average molecular weight is 316 g/mol. The molecule has 1 unspecified atom stereocenters. The summed E-state index contributed by atoms with van der Waals surface area (Å²) < 4.78 is 24.8. The fourth-order valence-electron chi connectivity index (χ4n) is 2.55. The van der Waals surface area contributed by atoms with Crippen molar-refractivity contribution < 1.29 is 18.7 Å². The number of nitrogens with one attached hydrogen (secondary N) is 2. The molecule has 0 saturated carbocycles. The molecule has 1 fully saturated rings. The average Bonchev–Trinajstić information content (AvgIpc) is 2.85. The van der Waals surface area contributed by atoms with Gasteiger partial charge in [0.1, 0.15) is 11.4 Å². The monoisotopic (exact) mass is 316 g/mol. The van der Waals surface area contributed by atoms with E-state index in [4.69, 9.17) is 0 Å². The van der Waals surface area contributed by atoms with Gasteiger partial charge in [-0.05, 0) is 32.0 Å². The first-order chi connectivity index (χ1) is 10.6. The Balaban J connectivity index is 1.74. The Hall–Kier alpha value is -1.54. The number of carbonyl (C=O) groups excluding carboxylic acids is 1. The van der Waals surface area contributed by atoms with Crippen molar-refractivity contribution in [2.45, 2.75) is 38.2 Å². The van der Waals surface area contributed by atoms with Crippen molar-refractivity contribution in [2.24, 2.45) is 0 Å². The molecule has 8 heteroatoms. The van der Waals surface area contributed by atoms with E-state index >= 15 is 0 Å². The zero-order valence-electron chi connectivity index (χ0n) is 12.4. The van der Waals surface area contributed by atoms with Gasteiger partial charge in [0.2, 0.25) is 0 Å². The van der Waals surface area contributed by atoms with Gasteiger partial charge in [-0.1, -0.05) is 12.8 Å². The Bertz CT molecular complexity index is 473. The topological polar surface area (TPSA) is 81.2 Å². The molecule has 1 amide bonds. The van der Waals surface area contributed by atoms with Gasteiger partial charge in [-0.25, -0.2) is 8.78 Å². The van der Waals surface area contributed by atoms with Crippen LogP contribution in [0.1, 0.15) is 48.3 Å². The second-order valence-corrected chi connectivity index (χ2v) is 5.59. The first kappa shape index (κ1) is 16.8. The standard InChI is InChI=1S/C14H22F2N4O2/c15-13(16)11-7-12(19-18-11)14(22)17-8-10(21)9-20-5-3-1-2-4-6-20/h7,10,13,21H,1-6,8-9H2,(H,17,22)(H,18,19). The molecule has 1 aliphatic heterocycles. The number of nitrogens with zero attached hydrogens (tertiary/aromatic N) is 2. The summed E-state index contributed by atoms with van der Waals surface area (Å²) in [6.07, 6.45) is 1.31. The summed E-state index contributed by atoms with van der Waals surface area (Å²) >= 11 is 0. The van der Waals surface area contributed by atoms with Crippen LogP contribution in [-0.4, -0.2) is 58.4 Å². The molecule has 0 aromatic carbocycles. The van der Waals surface area contributed by atoms with Gasteiger partial charge in [0.15, 0.2) is 0 Å². The highest BCUT2D eigenvalue weighted by Gasteiger charge is 2.18. The number of carbonyl (C=O) groups is 1. The largest absolute Gasteiger partial charge is 0.390 e. The molecule has 1 aromatic heterocycles. The van der Waals surface area contributed by atoms with Gasteiger partial charge in [-0.3, -0.25) is 9.89 Å². The summed E-state index contributed by atoms with van der Waals surface area (Å²) in [4.78, 5) is 14.0. The van der Waals surface area contributed by atoms with Crippen molar-refractivity contribution in [3.05, 3.63) is 17.5 Å². The summed E-state index contributed by atoms with van der Waals surface area (Å²) in [6.45, 7) is 2.50. The van der Waals surface area contributed by atoms with E-state index in [1.807, 2.05) is 0 Å². The van der Waals surface area contributed by atoms with E-state index in [-0.39, 0.29) is 12.2 Å². The number of amides is 1. The van der Waals surface area contributed by atoms with Crippen LogP contribution in [0.25, 0.3) is 0 Å². The van der Waals surface area contributed by atoms with Crippen LogP contribution in [-0.2, 0) is 0 Å². The van der Waals surface area contributed by atoms with E-state index in [0.717, 1.165) is 32.0 Å². The number of hydrogen-bond acceptors (Lipinski definition) is 4. The third-order valence-corrected chi connectivity index (χ3v) is 3.73. The van der Waals surface area contributed by atoms with Crippen LogP contribution in [0.5, 0.6) is 0 Å². The highest BCUT2D eigenvalue weighted by Crippen LogP contribution is 2.16. The number of H-pyrrole nitrogens is 1. The van der Waals surface area contributed by atoms with E-state index in [2.05, 4.69) is 20.4 Å². The molecule has 1 atom stereocenters. The number of rotatable bonds is 6. The van der Waals surface area contributed by atoms with Crippen molar-refractivity contribution in [1.82, 2.24) is 20.4 Å². The summed E-state index contributed by atoms with van der Waals surface area (Å²) in [5.41, 5.74) is -0.493. The van der Waals surface area contributed by atoms with Crippen LogP contribution in [0.4, 0.5) is 8.78 Å². The molecule has 1 aliphatic rings. The highest BCUT2D eigenvalue weighted by molar-refractivity contribution is 5.92. The molecule has 0 radical (unpaired) electrons. The van der Waals surface area contributed by atoms with Gasteiger partial charge in [0.05, 0.1) is 6.10 Å². The molecular formula is C14H22F2N4O2. The molecule has 6 nitrogen and oxygen atoms in total. The molecular weight excluding hydrogens is 294 g/mol. The number of hydrogen-bond donors (Lipinski definition) is 3. The van der Waals surface area contributed by atoms with Crippen molar-refractivity contribution in [2.75, 3.05) is 26.2 Å². The third kappa shape index (κ3) is 5.03. The predicted molar refractivity (Wildman–Crippen MR) is 76.8 cm³/mol. The minimum atomic E-state index is -2.69. The second kappa shape index (κ2) is 8.19. The molecule has 3 N–H and O–H groups in total. The first-order valence-corrected chi connectivity index (χ1v) is 7.58. The lowest BCUT2D eigenvalue weighted by molar-refractivity contribution is 0.0858. The number of alkyl halides is 2. The molecule has 2 rings (SSSR count). The van der Waals surface area contributed by atoms with E-state index in [9.17, 15) is 18.7 Å². The molecule has 124 valence electrons. The van der Waals surface area contributed by atoms with Crippen molar-refractivity contribution in [3.63, 3.8) is 0 Å². The number of likely N-dealkylation sites (tertiary alicyclic amines) is 1. The number of aromatic amines is 1. The van der Waals surface area contributed by atoms with E-state index < -0.39 is 24.1 Å². The lowest BCUT2D eigenvalue weighted by atomic mass is 10.2. The summed E-state index contributed by atoms with van der Waals surface area (Å²) in [5.74, 6) is -0.571. The molecule has 22 heavy (non-hydrogen) atoms. The third-order valence-electron chi connectivity index (χ3n) is 3.73. The maximum absolute atomic E-state index is 12.4. The molecule has 1 saturated heterocycles. The first-order valence-electron chi connectivity index (χ1n) is 7.58. The number of halogens is 2. The maximum atomic E-state index is 12.4. The van der Waals surface area contributed by atoms with Crippen LogP contribution < -0.4 is 5.32 Å². The zero-order valence-corrected chi connectivity index (χ0v) is 12.4. The van der Waals surface area contributed by atoms with Crippen LogP contribution in [0.15, 0.2) is 6.07 Å². The minimum Gasteiger partial charge on any atom is -0.390 e. The normalized spacial score (nSPS) is 18.2. The van der Waals surface area contributed by atoms with Gasteiger partial charge in [0.25, 0.3) is 12.3 Å². The minimum absolute atomic E-state index is 0.0756. The van der Waals surface area contributed by atoms with Crippen LogP contribution in [0, 0.1) is 0 Å².